The van der Waals surface area contributed by atoms with Crippen molar-refractivity contribution in [1.29, 1.82) is 0 Å². The fourth-order valence-corrected chi connectivity index (χ4v) is 4.08. The SMILES string of the molecule is C=CCN(C)C(=O)[C@H]1CN2CC[C@@H]1C[C@@H]2Cn1cc(CNC)nn1. The minimum Gasteiger partial charge on any atom is -0.342 e. The molecule has 2 bridgehead atoms. The third kappa shape index (κ3) is 3.52. The summed E-state index contributed by atoms with van der Waals surface area (Å²) in [6.07, 6.45) is 5.99. The number of piperidine rings is 3. The van der Waals surface area contributed by atoms with Crippen LogP contribution in [0, 0.1) is 11.8 Å². The second-order valence-electron chi connectivity index (χ2n) is 7.01. The van der Waals surface area contributed by atoms with E-state index in [1.807, 2.05) is 25.0 Å². The van der Waals surface area contributed by atoms with Gasteiger partial charge in [-0.2, -0.15) is 0 Å². The van der Waals surface area contributed by atoms with Crippen molar-refractivity contribution < 1.29 is 4.79 Å². The molecular formula is C17H28N6O. The van der Waals surface area contributed by atoms with E-state index in [-0.39, 0.29) is 11.8 Å². The molecule has 132 valence electrons. The Hall–Kier alpha value is -1.73. The van der Waals surface area contributed by atoms with Gasteiger partial charge in [0.05, 0.1) is 18.2 Å². The highest BCUT2D eigenvalue weighted by atomic mass is 16.2. The van der Waals surface area contributed by atoms with Gasteiger partial charge < -0.3 is 10.2 Å². The van der Waals surface area contributed by atoms with Crippen molar-refractivity contribution in [2.45, 2.75) is 32.0 Å². The summed E-state index contributed by atoms with van der Waals surface area (Å²) in [7, 11) is 3.78. The van der Waals surface area contributed by atoms with E-state index in [0.717, 1.165) is 44.7 Å². The number of fused-ring (bicyclic) bond motifs is 3. The van der Waals surface area contributed by atoms with Crippen LogP contribution in [0.1, 0.15) is 18.5 Å². The summed E-state index contributed by atoms with van der Waals surface area (Å²) in [6, 6.07) is 0.460. The van der Waals surface area contributed by atoms with Gasteiger partial charge in [0.15, 0.2) is 0 Å². The highest BCUT2D eigenvalue weighted by Gasteiger charge is 2.43. The number of nitrogens with one attached hydrogen (secondary N) is 1. The first-order valence-electron chi connectivity index (χ1n) is 8.76. The van der Waals surface area contributed by atoms with E-state index in [2.05, 4.69) is 27.1 Å². The zero-order chi connectivity index (χ0) is 17.1. The summed E-state index contributed by atoms with van der Waals surface area (Å²) >= 11 is 0. The molecule has 4 rings (SSSR count). The average Bonchev–Trinajstić information content (AvgIpc) is 3.02. The maximum absolute atomic E-state index is 12.6. The van der Waals surface area contributed by atoms with Crippen LogP contribution >= 0.6 is 0 Å². The molecule has 3 aliphatic heterocycles. The molecule has 0 aliphatic carbocycles. The Morgan fingerprint density at radius 2 is 2.42 bits per heavy atom. The summed E-state index contributed by atoms with van der Waals surface area (Å²) in [5, 5.41) is 11.5. The molecule has 0 spiro atoms. The van der Waals surface area contributed by atoms with Crippen molar-refractivity contribution in [1.82, 2.24) is 30.1 Å². The number of nitrogens with zero attached hydrogens (tertiary/aromatic N) is 5. The molecule has 0 aromatic carbocycles. The van der Waals surface area contributed by atoms with Gasteiger partial charge in [-0.05, 0) is 32.4 Å². The van der Waals surface area contributed by atoms with Gasteiger partial charge in [0.2, 0.25) is 5.91 Å². The topological polar surface area (TPSA) is 66.3 Å². The van der Waals surface area contributed by atoms with Gasteiger partial charge in [-0.3, -0.25) is 14.4 Å². The third-order valence-electron chi connectivity index (χ3n) is 5.32. The molecule has 3 aliphatic rings. The Bertz CT molecular complexity index is 585. The maximum atomic E-state index is 12.6. The van der Waals surface area contributed by atoms with Crippen LogP contribution in [0.25, 0.3) is 0 Å². The predicted octanol–water partition coefficient (Wildman–Crippen LogP) is 0.352. The van der Waals surface area contributed by atoms with Crippen molar-refractivity contribution >= 4 is 5.91 Å². The molecule has 1 aromatic heterocycles. The first kappa shape index (κ1) is 17.1. The van der Waals surface area contributed by atoms with Crippen molar-refractivity contribution in [3.8, 4) is 0 Å². The first-order chi connectivity index (χ1) is 11.6. The molecule has 1 N–H and O–H groups in total. The van der Waals surface area contributed by atoms with E-state index >= 15 is 0 Å². The molecule has 0 radical (unpaired) electrons. The van der Waals surface area contributed by atoms with Gasteiger partial charge in [-0.15, -0.1) is 11.7 Å². The molecular weight excluding hydrogens is 304 g/mol. The molecule has 24 heavy (non-hydrogen) atoms. The van der Waals surface area contributed by atoms with E-state index < -0.39 is 0 Å². The smallest absolute Gasteiger partial charge is 0.227 e. The summed E-state index contributed by atoms with van der Waals surface area (Å²) in [4.78, 5) is 16.9. The van der Waals surface area contributed by atoms with Crippen LogP contribution in [0.5, 0.6) is 0 Å². The molecule has 1 unspecified atom stereocenters. The number of carbonyl (C=O) groups is 1. The average molecular weight is 332 g/mol. The van der Waals surface area contributed by atoms with Crippen molar-refractivity contribution in [3.63, 3.8) is 0 Å². The first-order valence-corrected chi connectivity index (χ1v) is 8.76. The Kier molecular flexibility index (Phi) is 5.30. The number of aromatic nitrogens is 3. The fraction of sp³-hybridized carbons (Fsp3) is 0.706. The van der Waals surface area contributed by atoms with Gasteiger partial charge in [0.25, 0.3) is 0 Å². The van der Waals surface area contributed by atoms with E-state index in [1.54, 1.807) is 11.0 Å². The number of hydrogen-bond donors (Lipinski definition) is 1. The highest BCUT2D eigenvalue weighted by molar-refractivity contribution is 5.79. The third-order valence-corrected chi connectivity index (χ3v) is 5.32. The minimum atomic E-state index is 0.135. The Labute approximate surface area is 143 Å². The summed E-state index contributed by atoms with van der Waals surface area (Å²) in [6.45, 7) is 7.90. The minimum absolute atomic E-state index is 0.135. The number of rotatable bonds is 7. The van der Waals surface area contributed by atoms with E-state index in [9.17, 15) is 4.79 Å². The zero-order valence-corrected chi connectivity index (χ0v) is 14.7. The van der Waals surface area contributed by atoms with Gasteiger partial charge in [-0.25, -0.2) is 0 Å². The fourth-order valence-electron chi connectivity index (χ4n) is 4.08. The Morgan fingerprint density at radius 3 is 3.08 bits per heavy atom. The lowest BCUT2D eigenvalue weighted by Gasteiger charge is -2.49. The van der Waals surface area contributed by atoms with Gasteiger partial charge in [0, 0.05) is 38.9 Å². The number of amides is 1. The van der Waals surface area contributed by atoms with E-state index in [1.165, 1.54) is 0 Å². The second-order valence-corrected chi connectivity index (χ2v) is 7.01. The van der Waals surface area contributed by atoms with Crippen molar-refractivity contribution in [3.05, 3.63) is 24.5 Å². The lowest BCUT2D eigenvalue weighted by molar-refractivity contribution is -0.142. The Morgan fingerprint density at radius 1 is 1.58 bits per heavy atom. The van der Waals surface area contributed by atoms with Crippen LogP contribution in [0.3, 0.4) is 0 Å². The zero-order valence-electron chi connectivity index (χ0n) is 14.7. The molecule has 4 atom stereocenters. The van der Waals surface area contributed by atoms with Crippen LogP contribution in [0.2, 0.25) is 0 Å². The van der Waals surface area contributed by atoms with Gasteiger partial charge >= 0.3 is 0 Å². The quantitative estimate of drug-likeness (QED) is 0.730. The molecule has 3 saturated heterocycles. The van der Waals surface area contributed by atoms with Crippen molar-refractivity contribution in [2.75, 3.05) is 33.7 Å². The van der Waals surface area contributed by atoms with Crippen LogP contribution in [-0.4, -0.2) is 70.5 Å². The number of hydrogen-bond acceptors (Lipinski definition) is 5. The summed E-state index contributed by atoms with van der Waals surface area (Å²) in [5.41, 5.74) is 0.965. The van der Waals surface area contributed by atoms with Gasteiger partial charge in [0.1, 0.15) is 0 Å². The van der Waals surface area contributed by atoms with Crippen molar-refractivity contribution in [2.24, 2.45) is 11.8 Å². The normalized spacial score (nSPS) is 28.8. The standard InChI is InChI=1S/C17H28N6O/c1-4-6-21(3)17(24)16-12-22-7-5-13(16)8-15(22)11-23-10-14(9-18-2)19-20-23/h4,10,13,15-16,18H,1,5-9,11-12H2,2-3H3/t13-,15-,16+/m1/s1. The van der Waals surface area contributed by atoms with Crippen LogP contribution in [-0.2, 0) is 17.9 Å². The largest absolute Gasteiger partial charge is 0.342 e. The van der Waals surface area contributed by atoms with E-state index in [0.29, 0.717) is 18.5 Å². The molecule has 0 saturated carbocycles. The maximum Gasteiger partial charge on any atom is 0.227 e. The van der Waals surface area contributed by atoms with Crippen LogP contribution in [0.4, 0.5) is 0 Å². The number of carbonyl (C=O) groups excluding carboxylic acids is 1. The number of likely N-dealkylation sites (N-methyl/N-ethyl adjacent to an activating group) is 1. The molecule has 1 aromatic rings. The second kappa shape index (κ2) is 7.44. The monoisotopic (exact) mass is 332 g/mol. The van der Waals surface area contributed by atoms with Gasteiger partial charge in [-0.1, -0.05) is 11.3 Å². The molecule has 4 heterocycles. The lowest BCUT2D eigenvalue weighted by Crippen LogP contribution is -2.58. The molecule has 1 amide bonds. The predicted molar refractivity (Wildman–Crippen MR) is 92.2 cm³/mol. The van der Waals surface area contributed by atoms with Crippen LogP contribution < -0.4 is 5.32 Å². The summed E-state index contributed by atoms with van der Waals surface area (Å²) in [5.74, 6) is 0.885. The van der Waals surface area contributed by atoms with Crippen LogP contribution in [0.15, 0.2) is 18.9 Å². The summed E-state index contributed by atoms with van der Waals surface area (Å²) < 4.78 is 1.94. The molecule has 3 fully saturated rings. The highest BCUT2D eigenvalue weighted by Crippen LogP contribution is 2.37. The molecule has 7 heteroatoms. The lowest BCUT2D eigenvalue weighted by atomic mass is 9.75. The molecule has 7 nitrogen and oxygen atoms in total. The van der Waals surface area contributed by atoms with E-state index in [4.69, 9.17) is 0 Å². The Balaban J connectivity index is 1.60.